The van der Waals surface area contributed by atoms with Crippen LogP contribution in [0.4, 0.5) is 0 Å². The summed E-state index contributed by atoms with van der Waals surface area (Å²) in [5.41, 5.74) is 0.512. The largest absolute Gasteiger partial charge is 0.504 e. The number of aliphatic carboxylic acids is 1. The Bertz CT molecular complexity index is 681. The second kappa shape index (κ2) is 9.97. The van der Waals surface area contributed by atoms with E-state index in [4.69, 9.17) is 15.3 Å². The van der Waals surface area contributed by atoms with E-state index in [2.05, 4.69) is 0 Å². The Morgan fingerprint density at radius 1 is 1.04 bits per heavy atom. The lowest BCUT2D eigenvalue weighted by molar-refractivity contribution is -0.136. The Labute approximate surface area is 158 Å². The van der Waals surface area contributed by atoms with Gasteiger partial charge in [-0.05, 0) is 55.9 Å². The van der Waals surface area contributed by atoms with Crippen LogP contribution in [0.2, 0.25) is 0 Å². The van der Waals surface area contributed by atoms with Crippen molar-refractivity contribution in [3.05, 3.63) is 29.8 Å². The molecule has 7 heteroatoms. The Morgan fingerprint density at radius 3 is 2.33 bits per heavy atom. The number of carbonyl (C=O) groups is 2. The minimum absolute atomic E-state index is 0.108. The predicted molar refractivity (Wildman–Crippen MR) is 100 cm³/mol. The fourth-order valence-corrected chi connectivity index (χ4v) is 3.40. The van der Waals surface area contributed by atoms with Gasteiger partial charge in [0, 0.05) is 25.1 Å². The molecule has 2 fully saturated rings. The van der Waals surface area contributed by atoms with Gasteiger partial charge in [0.1, 0.15) is 0 Å². The van der Waals surface area contributed by atoms with Crippen LogP contribution < -0.4 is 0 Å². The zero-order valence-corrected chi connectivity index (χ0v) is 15.3. The highest BCUT2D eigenvalue weighted by molar-refractivity contribution is 5.85. The fraction of sp³-hybridized carbons (Fsp3) is 0.500. The van der Waals surface area contributed by atoms with Crippen molar-refractivity contribution in [2.45, 2.75) is 44.6 Å². The molecule has 2 unspecified atom stereocenters. The molecule has 0 bridgehead atoms. The number of amides is 1. The lowest BCUT2D eigenvalue weighted by Crippen LogP contribution is -2.37. The van der Waals surface area contributed by atoms with Crippen molar-refractivity contribution >= 4 is 18.0 Å². The molecule has 2 aliphatic rings. The topological polar surface area (TPSA) is 118 Å². The zero-order valence-electron chi connectivity index (χ0n) is 15.3. The second-order valence-corrected chi connectivity index (χ2v) is 6.97. The molecule has 1 saturated heterocycles. The minimum atomic E-state index is -1.06. The first-order chi connectivity index (χ1) is 12.9. The number of hydrogen-bond acceptors (Lipinski definition) is 5. The van der Waals surface area contributed by atoms with Crippen LogP contribution in [0.3, 0.4) is 0 Å². The lowest BCUT2D eigenvalue weighted by atomic mass is 9.86. The van der Waals surface area contributed by atoms with Gasteiger partial charge in [0.15, 0.2) is 11.5 Å². The summed E-state index contributed by atoms with van der Waals surface area (Å²) in [6.45, 7) is 1.87. The molecule has 1 aliphatic carbocycles. The highest BCUT2D eigenvalue weighted by Crippen LogP contribution is 2.27. The highest BCUT2D eigenvalue weighted by atomic mass is 16.4. The minimum Gasteiger partial charge on any atom is -0.504 e. The van der Waals surface area contributed by atoms with Crippen LogP contribution in [0.1, 0.15) is 44.1 Å². The maximum absolute atomic E-state index is 12.0. The summed E-state index contributed by atoms with van der Waals surface area (Å²) >= 11 is 0. The summed E-state index contributed by atoms with van der Waals surface area (Å²) in [5.74, 6) is -1.16. The lowest BCUT2D eigenvalue weighted by Gasteiger charge is -2.28. The van der Waals surface area contributed by atoms with Crippen molar-refractivity contribution in [1.82, 2.24) is 4.90 Å². The number of phenolic OH excluding ortho intramolecular Hbond substituents is 2. The van der Waals surface area contributed by atoms with Crippen molar-refractivity contribution in [3.8, 4) is 11.5 Å². The van der Waals surface area contributed by atoms with Crippen LogP contribution in [-0.2, 0) is 9.59 Å². The van der Waals surface area contributed by atoms with Gasteiger partial charge in [0.2, 0.25) is 5.91 Å². The average molecular weight is 377 g/mol. The molecule has 0 aromatic heterocycles. The molecule has 3 rings (SSSR count). The van der Waals surface area contributed by atoms with Crippen LogP contribution in [0, 0.1) is 5.92 Å². The molecule has 1 heterocycles. The van der Waals surface area contributed by atoms with E-state index in [1.807, 2.05) is 4.90 Å². The van der Waals surface area contributed by atoms with E-state index >= 15 is 0 Å². The quantitative estimate of drug-likeness (QED) is 0.474. The van der Waals surface area contributed by atoms with E-state index in [1.54, 1.807) is 0 Å². The standard InChI is InChI=1S/C11H19NO2.C9H8O4/c13-10-5-3-4-9(8-10)11(14)12-6-1-2-7-12;10-7-3-1-6(5-8(7)11)2-4-9(12)13/h9-10,13H,1-8H2;1-5,10-11H,(H,12,13)/b;4-2+. The Morgan fingerprint density at radius 2 is 1.74 bits per heavy atom. The fourth-order valence-electron chi connectivity index (χ4n) is 3.40. The average Bonchev–Trinajstić information content (AvgIpc) is 3.17. The van der Waals surface area contributed by atoms with E-state index in [0.717, 1.165) is 51.3 Å². The van der Waals surface area contributed by atoms with Crippen LogP contribution in [0.15, 0.2) is 24.3 Å². The van der Waals surface area contributed by atoms with Gasteiger partial charge in [0.25, 0.3) is 0 Å². The zero-order chi connectivity index (χ0) is 19.8. The third-order valence-electron chi connectivity index (χ3n) is 4.83. The summed E-state index contributed by atoms with van der Waals surface area (Å²) in [6, 6.07) is 4.06. The third kappa shape index (κ3) is 6.60. The van der Waals surface area contributed by atoms with Gasteiger partial charge in [-0.2, -0.15) is 0 Å². The monoisotopic (exact) mass is 377 g/mol. The van der Waals surface area contributed by atoms with Crippen molar-refractivity contribution in [2.75, 3.05) is 13.1 Å². The van der Waals surface area contributed by atoms with Gasteiger partial charge in [0.05, 0.1) is 6.10 Å². The molecule has 2 atom stereocenters. The maximum atomic E-state index is 12.0. The van der Waals surface area contributed by atoms with Crippen LogP contribution >= 0.6 is 0 Å². The van der Waals surface area contributed by atoms with Crippen molar-refractivity contribution in [3.63, 3.8) is 0 Å². The number of benzene rings is 1. The third-order valence-corrected chi connectivity index (χ3v) is 4.83. The normalized spacial score (nSPS) is 22.3. The first kappa shape index (κ1) is 20.8. The predicted octanol–water partition coefficient (Wildman–Crippen LogP) is 2.36. The molecule has 1 aliphatic heterocycles. The number of carboxylic acid groups (broad SMARTS) is 1. The number of likely N-dealkylation sites (tertiary alicyclic amines) is 1. The molecule has 0 spiro atoms. The van der Waals surface area contributed by atoms with E-state index in [0.29, 0.717) is 17.9 Å². The summed E-state index contributed by atoms with van der Waals surface area (Å²) in [7, 11) is 0. The molecule has 0 radical (unpaired) electrons. The molecule has 1 amide bonds. The number of phenols is 2. The van der Waals surface area contributed by atoms with Gasteiger partial charge in [-0.15, -0.1) is 0 Å². The molecule has 7 nitrogen and oxygen atoms in total. The number of carboxylic acids is 1. The summed E-state index contributed by atoms with van der Waals surface area (Å²) in [4.78, 5) is 24.1. The van der Waals surface area contributed by atoms with Crippen LogP contribution in [0.25, 0.3) is 6.08 Å². The number of aliphatic hydroxyl groups is 1. The van der Waals surface area contributed by atoms with Crippen LogP contribution in [0.5, 0.6) is 11.5 Å². The number of hydrogen-bond donors (Lipinski definition) is 4. The van der Waals surface area contributed by atoms with Crippen molar-refractivity contribution in [2.24, 2.45) is 5.92 Å². The SMILES string of the molecule is O=C(C1CCCC(O)C1)N1CCCC1.O=C(O)/C=C/c1ccc(O)c(O)c1. The molecule has 148 valence electrons. The molecule has 1 aromatic carbocycles. The second-order valence-electron chi connectivity index (χ2n) is 6.97. The van der Waals surface area contributed by atoms with E-state index in [9.17, 15) is 14.7 Å². The molecule has 4 N–H and O–H groups in total. The first-order valence-electron chi connectivity index (χ1n) is 9.26. The highest BCUT2D eigenvalue weighted by Gasteiger charge is 2.30. The van der Waals surface area contributed by atoms with Crippen molar-refractivity contribution in [1.29, 1.82) is 0 Å². The number of aromatic hydroxyl groups is 2. The van der Waals surface area contributed by atoms with Gasteiger partial charge < -0.3 is 25.3 Å². The Balaban J connectivity index is 0.000000194. The van der Waals surface area contributed by atoms with Gasteiger partial charge in [-0.3, -0.25) is 4.79 Å². The molecule has 1 aromatic rings. The molecular formula is C20H27NO6. The number of carbonyl (C=O) groups excluding carboxylic acids is 1. The Hall–Kier alpha value is -2.54. The Kier molecular flexibility index (Phi) is 7.67. The maximum Gasteiger partial charge on any atom is 0.328 e. The number of rotatable bonds is 3. The van der Waals surface area contributed by atoms with E-state index in [-0.39, 0.29) is 23.5 Å². The van der Waals surface area contributed by atoms with E-state index < -0.39 is 5.97 Å². The smallest absolute Gasteiger partial charge is 0.328 e. The van der Waals surface area contributed by atoms with Gasteiger partial charge in [-0.1, -0.05) is 12.5 Å². The van der Waals surface area contributed by atoms with Gasteiger partial charge in [-0.25, -0.2) is 4.79 Å². The first-order valence-corrected chi connectivity index (χ1v) is 9.26. The van der Waals surface area contributed by atoms with Crippen molar-refractivity contribution < 1.29 is 30.0 Å². The van der Waals surface area contributed by atoms with E-state index in [1.165, 1.54) is 24.3 Å². The molecule has 1 saturated carbocycles. The molecule has 27 heavy (non-hydrogen) atoms. The number of nitrogens with zero attached hydrogens (tertiary/aromatic N) is 1. The van der Waals surface area contributed by atoms with Crippen LogP contribution in [-0.4, -0.2) is 56.4 Å². The number of aliphatic hydroxyl groups excluding tert-OH is 1. The van der Waals surface area contributed by atoms with Gasteiger partial charge >= 0.3 is 5.97 Å². The summed E-state index contributed by atoms with van der Waals surface area (Å²) < 4.78 is 0. The summed E-state index contributed by atoms with van der Waals surface area (Å²) in [6.07, 6.45) is 7.90. The molecular weight excluding hydrogens is 350 g/mol. The summed E-state index contributed by atoms with van der Waals surface area (Å²) in [5, 5.41) is 35.8.